The number of carbonyl (C=O) groups excluding carboxylic acids is 1. The highest BCUT2D eigenvalue weighted by Gasteiger charge is 2.38. The lowest BCUT2D eigenvalue weighted by atomic mass is 10.2. The Morgan fingerprint density at radius 1 is 1.23 bits per heavy atom. The number of fused-ring (bicyclic) bond motifs is 1. The second-order valence-corrected chi connectivity index (χ2v) is 7.48. The first kappa shape index (κ1) is 22.0. The minimum Gasteiger partial charge on any atom is -0.486 e. The fourth-order valence-corrected chi connectivity index (χ4v) is 3.60. The average molecular weight is 463 g/mol. The van der Waals surface area contributed by atoms with Gasteiger partial charge in [-0.05, 0) is 36.4 Å². The first-order chi connectivity index (χ1) is 14.2. The van der Waals surface area contributed by atoms with Gasteiger partial charge in [-0.3, -0.25) is 4.79 Å². The SMILES string of the molecule is O=C(NC/C(=C\F)COc1ccc(-c2nc3ccc(Cl)cc3s2)cc1F)C(F)(F)F. The van der Waals surface area contributed by atoms with Gasteiger partial charge < -0.3 is 10.1 Å². The molecule has 0 aliphatic carbocycles. The summed E-state index contributed by atoms with van der Waals surface area (Å²) in [7, 11) is 0. The molecule has 11 heteroatoms. The van der Waals surface area contributed by atoms with Crippen LogP contribution in [0.3, 0.4) is 0 Å². The molecule has 1 heterocycles. The predicted molar refractivity (Wildman–Crippen MR) is 104 cm³/mol. The van der Waals surface area contributed by atoms with Gasteiger partial charge in [-0.1, -0.05) is 11.6 Å². The first-order valence-electron chi connectivity index (χ1n) is 8.29. The summed E-state index contributed by atoms with van der Waals surface area (Å²) in [6, 6.07) is 9.20. The van der Waals surface area contributed by atoms with E-state index in [0.717, 1.165) is 4.70 Å². The largest absolute Gasteiger partial charge is 0.486 e. The smallest absolute Gasteiger partial charge is 0.471 e. The van der Waals surface area contributed by atoms with Crippen molar-refractivity contribution in [2.75, 3.05) is 13.2 Å². The van der Waals surface area contributed by atoms with E-state index in [4.69, 9.17) is 16.3 Å². The van der Waals surface area contributed by atoms with E-state index in [9.17, 15) is 26.7 Å². The summed E-state index contributed by atoms with van der Waals surface area (Å²) in [5.74, 6) is -3.21. The molecular formula is C19H12ClF5N2O2S. The van der Waals surface area contributed by atoms with Crippen molar-refractivity contribution >= 4 is 39.1 Å². The van der Waals surface area contributed by atoms with Gasteiger partial charge in [-0.25, -0.2) is 13.8 Å². The number of rotatable bonds is 6. The molecule has 0 radical (unpaired) electrons. The number of amides is 1. The van der Waals surface area contributed by atoms with Crippen molar-refractivity contribution in [3.05, 3.63) is 59.1 Å². The zero-order chi connectivity index (χ0) is 21.9. The number of carbonyl (C=O) groups is 1. The molecule has 1 aromatic heterocycles. The van der Waals surface area contributed by atoms with Gasteiger partial charge in [0.25, 0.3) is 0 Å². The highest BCUT2D eigenvalue weighted by atomic mass is 35.5. The summed E-state index contributed by atoms with van der Waals surface area (Å²) in [5.41, 5.74) is 0.883. The highest BCUT2D eigenvalue weighted by molar-refractivity contribution is 7.21. The lowest BCUT2D eigenvalue weighted by molar-refractivity contribution is -0.173. The summed E-state index contributed by atoms with van der Waals surface area (Å²) in [4.78, 5) is 15.2. The van der Waals surface area contributed by atoms with Crippen molar-refractivity contribution in [3.8, 4) is 16.3 Å². The molecule has 0 spiro atoms. The zero-order valence-corrected chi connectivity index (χ0v) is 16.5. The van der Waals surface area contributed by atoms with Gasteiger partial charge in [0.1, 0.15) is 11.6 Å². The molecule has 0 aliphatic rings. The number of thiazole rings is 1. The Kier molecular flexibility index (Phi) is 6.57. The quantitative estimate of drug-likeness (QED) is 0.480. The molecule has 0 aliphatic heterocycles. The molecule has 0 atom stereocenters. The molecule has 2 aromatic carbocycles. The van der Waals surface area contributed by atoms with Crippen LogP contribution < -0.4 is 10.1 Å². The average Bonchev–Trinajstić information content (AvgIpc) is 3.11. The third kappa shape index (κ3) is 5.25. The summed E-state index contributed by atoms with van der Waals surface area (Å²) in [5, 5.41) is 2.61. The number of benzene rings is 2. The Bertz CT molecular complexity index is 1110. The normalized spacial score (nSPS) is 12.3. The van der Waals surface area contributed by atoms with Crippen molar-refractivity contribution in [1.82, 2.24) is 10.3 Å². The maximum absolute atomic E-state index is 14.4. The number of nitrogens with zero attached hydrogens (tertiary/aromatic N) is 1. The van der Waals surface area contributed by atoms with E-state index in [1.54, 1.807) is 24.3 Å². The number of hydrogen-bond donors (Lipinski definition) is 1. The minimum absolute atomic E-state index is 0.00478. The highest BCUT2D eigenvalue weighted by Crippen LogP contribution is 2.33. The van der Waals surface area contributed by atoms with Crippen LogP contribution in [0.2, 0.25) is 5.02 Å². The third-order valence-electron chi connectivity index (χ3n) is 3.83. The molecule has 0 saturated heterocycles. The van der Waals surface area contributed by atoms with Crippen LogP contribution in [-0.4, -0.2) is 30.2 Å². The van der Waals surface area contributed by atoms with Gasteiger partial charge in [-0.2, -0.15) is 13.2 Å². The van der Waals surface area contributed by atoms with Crippen LogP contribution in [0.5, 0.6) is 5.75 Å². The fraction of sp³-hybridized carbons (Fsp3) is 0.158. The van der Waals surface area contributed by atoms with Crippen LogP contribution >= 0.6 is 22.9 Å². The summed E-state index contributed by atoms with van der Waals surface area (Å²) in [6.07, 6.45) is -5.09. The van der Waals surface area contributed by atoms with Crippen molar-refractivity contribution in [2.24, 2.45) is 0 Å². The Labute approximate surface area is 175 Å². The van der Waals surface area contributed by atoms with Gasteiger partial charge in [0.2, 0.25) is 0 Å². The molecule has 1 N–H and O–H groups in total. The van der Waals surface area contributed by atoms with E-state index >= 15 is 0 Å². The topological polar surface area (TPSA) is 51.2 Å². The van der Waals surface area contributed by atoms with E-state index < -0.39 is 31.1 Å². The van der Waals surface area contributed by atoms with Crippen LogP contribution in [0, 0.1) is 5.82 Å². The van der Waals surface area contributed by atoms with E-state index in [0.29, 0.717) is 21.1 Å². The van der Waals surface area contributed by atoms with E-state index in [2.05, 4.69) is 4.98 Å². The number of aromatic nitrogens is 1. The summed E-state index contributed by atoms with van der Waals surface area (Å²) in [6.45, 7) is -1.28. The second-order valence-electron chi connectivity index (χ2n) is 6.01. The molecule has 0 saturated carbocycles. The predicted octanol–water partition coefficient (Wildman–Crippen LogP) is 5.67. The lowest BCUT2D eigenvalue weighted by Gasteiger charge is -2.12. The lowest BCUT2D eigenvalue weighted by Crippen LogP contribution is -2.38. The third-order valence-corrected chi connectivity index (χ3v) is 5.13. The molecule has 0 fully saturated rings. The van der Waals surface area contributed by atoms with E-state index in [-0.39, 0.29) is 17.7 Å². The molecular weight excluding hydrogens is 451 g/mol. The molecule has 0 unspecified atom stereocenters. The molecule has 3 aromatic rings. The second kappa shape index (κ2) is 8.97. The minimum atomic E-state index is -5.09. The molecule has 4 nitrogen and oxygen atoms in total. The maximum Gasteiger partial charge on any atom is 0.471 e. The van der Waals surface area contributed by atoms with Crippen molar-refractivity contribution in [2.45, 2.75) is 6.18 Å². The Hall–Kier alpha value is -2.72. The van der Waals surface area contributed by atoms with Crippen LogP contribution in [0.4, 0.5) is 22.0 Å². The van der Waals surface area contributed by atoms with Crippen LogP contribution in [0.1, 0.15) is 0 Å². The number of nitrogens with one attached hydrogen (secondary N) is 1. The molecule has 3 rings (SSSR count). The van der Waals surface area contributed by atoms with Gasteiger partial charge >= 0.3 is 12.1 Å². The van der Waals surface area contributed by atoms with Crippen molar-refractivity contribution in [3.63, 3.8) is 0 Å². The summed E-state index contributed by atoms with van der Waals surface area (Å²) < 4.78 is 69.6. The Morgan fingerprint density at radius 3 is 2.67 bits per heavy atom. The standard InChI is InChI=1S/C19H12ClF5N2O2S/c20-12-2-3-14-16(6-12)30-17(27-14)11-1-4-15(13(22)5-11)29-9-10(7-21)8-26-18(28)19(23,24)25/h1-7H,8-9H2,(H,26,28)/b10-7+. The van der Waals surface area contributed by atoms with Crippen LogP contribution in [0.25, 0.3) is 20.8 Å². The number of hydrogen-bond acceptors (Lipinski definition) is 4. The molecule has 30 heavy (non-hydrogen) atoms. The van der Waals surface area contributed by atoms with Crippen LogP contribution in [-0.2, 0) is 4.79 Å². The Morgan fingerprint density at radius 2 is 2.00 bits per heavy atom. The summed E-state index contributed by atoms with van der Waals surface area (Å²) >= 11 is 7.26. The zero-order valence-electron chi connectivity index (χ0n) is 14.9. The number of ether oxygens (including phenoxy) is 1. The van der Waals surface area contributed by atoms with E-state index in [1.165, 1.54) is 28.8 Å². The number of halogens is 6. The number of alkyl halides is 3. The Balaban J connectivity index is 1.67. The molecule has 0 bridgehead atoms. The fourth-order valence-electron chi connectivity index (χ4n) is 2.36. The van der Waals surface area contributed by atoms with Gasteiger partial charge in [0.15, 0.2) is 11.6 Å². The van der Waals surface area contributed by atoms with Gasteiger partial charge in [-0.15, -0.1) is 11.3 Å². The monoisotopic (exact) mass is 462 g/mol. The van der Waals surface area contributed by atoms with Gasteiger partial charge in [0, 0.05) is 22.7 Å². The molecule has 1 amide bonds. The molecule has 158 valence electrons. The maximum atomic E-state index is 14.4. The van der Waals surface area contributed by atoms with Crippen molar-refractivity contribution < 1.29 is 31.5 Å². The van der Waals surface area contributed by atoms with E-state index in [1.807, 2.05) is 0 Å². The first-order valence-corrected chi connectivity index (χ1v) is 9.49. The van der Waals surface area contributed by atoms with Crippen LogP contribution in [0.15, 0.2) is 48.3 Å². The van der Waals surface area contributed by atoms with Gasteiger partial charge in [0.05, 0.1) is 16.5 Å². The van der Waals surface area contributed by atoms with Crippen molar-refractivity contribution in [1.29, 1.82) is 0 Å².